The van der Waals surface area contributed by atoms with Crippen LogP contribution in [0.25, 0.3) is 0 Å². The number of thioether (sulfide) groups is 1. The van der Waals surface area contributed by atoms with Crippen LogP contribution in [0, 0.1) is 13.8 Å². The summed E-state index contributed by atoms with van der Waals surface area (Å²) in [5, 5.41) is 3.36. The highest BCUT2D eigenvalue weighted by Gasteiger charge is 2.04. The molecule has 2 aromatic rings. The zero-order valence-electron chi connectivity index (χ0n) is 12.7. The van der Waals surface area contributed by atoms with Crippen molar-refractivity contribution in [2.45, 2.75) is 50.9 Å². The first-order valence-electron chi connectivity index (χ1n) is 7.05. The van der Waals surface area contributed by atoms with Crippen LogP contribution in [0.2, 0.25) is 0 Å². The Morgan fingerprint density at radius 1 is 1.05 bits per heavy atom. The number of hydrogen-bond acceptors (Lipinski definition) is 3. The summed E-state index contributed by atoms with van der Waals surface area (Å²) in [6.45, 7) is 9.37. The SMILES string of the molecule is Cc1ccc(SCc2ccc(CNC(C)C)o2)cc1C. The molecule has 1 aromatic carbocycles. The van der Waals surface area contributed by atoms with Crippen LogP contribution in [-0.2, 0) is 12.3 Å². The molecule has 0 atom stereocenters. The fourth-order valence-electron chi connectivity index (χ4n) is 1.86. The third kappa shape index (κ3) is 4.43. The first-order valence-corrected chi connectivity index (χ1v) is 8.04. The number of nitrogens with one attached hydrogen (secondary N) is 1. The highest BCUT2D eigenvalue weighted by molar-refractivity contribution is 7.98. The van der Waals surface area contributed by atoms with E-state index in [4.69, 9.17) is 4.42 Å². The van der Waals surface area contributed by atoms with Crippen molar-refractivity contribution in [1.29, 1.82) is 0 Å². The fourth-order valence-corrected chi connectivity index (χ4v) is 2.75. The highest BCUT2D eigenvalue weighted by Crippen LogP contribution is 2.25. The summed E-state index contributed by atoms with van der Waals surface area (Å²) >= 11 is 1.82. The lowest BCUT2D eigenvalue weighted by atomic mass is 10.1. The Morgan fingerprint density at radius 2 is 1.80 bits per heavy atom. The monoisotopic (exact) mass is 289 g/mol. The quantitative estimate of drug-likeness (QED) is 0.781. The van der Waals surface area contributed by atoms with Gasteiger partial charge >= 0.3 is 0 Å². The molecule has 0 aliphatic rings. The standard InChI is InChI=1S/C17H23NOS/c1-12(2)18-10-15-6-7-16(19-15)11-20-17-8-5-13(3)14(4)9-17/h5-9,12,18H,10-11H2,1-4H3. The molecule has 1 N–H and O–H groups in total. The van der Waals surface area contributed by atoms with Crippen LogP contribution >= 0.6 is 11.8 Å². The Hall–Kier alpha value is -1.19. The summed E-state index contributed by atoms with van der Waals surface area (Å²) in [5.74, 6) is 2.92. The summed E-state index contributed by atoms with van der Waals surface area (Å²) < 4.78 is 5.83. The van der Waals surface area contributed by atoms with Gasteiger partial charge in [0, 0.05) is 10.9 Å². The molecule has 108 valence electrons. The van der Waals surface area contributed by atoms with Crippen LogP contribution < -0.4 is 5.32 Å². The van der Waals surface area contributed by atoms with Crippen molar-refractivity contribution in [2.24, 2.45) is 0 Å². The van der Waals surface area contributed by atoms with E-state index in [9.17, 15) is 0 Å². The minimum Gasteiger partial charge on any atom is -0.464 e. The molecule has 20 heavy (non-hydrogen) atoms. The second-order valence-electron chi connectivity index (χ2n) is 5.44. The number of furan rings is 1. The van der Waals surface area contributed by atoms with Crippen molar-refractivity contribution in [3.63, 3.8) is 0 Å². The van der Waals surface area contributed by atoms with Gasteiger partial charge in [-0.1, -0.05) is 19.9 Å². The molecule has 0 aliphatic carbocycles. The number of benzene rings is 1. The van der Waals surface area contributed by atoms with Gasteiger partial charge in [-0.15, -0.1) is 11.8 Å². The van der Waals surface area contributed by atoms with E-state index < -0.39 is 0 Å². The molecule has 0 fully saturated rings. The Balaban J connectivity index is 1.89. The molecule has 0 aliphatic heterocycles. The van der Waals surface area contributed by atoms with Gasteiger partial charge in [0.2, 0.25) is 0 Å². The van der Waals surface area contributed by atoms with E-state index in [-0.39, 0.29) is 0 Å². The van der Waals surface area contributed by atoms with E-state index >= 15 is 0 Å². The van der Waals surface area contributed by atoms with Crippen molar-refractivity contribution >= 4 is 11.8 Å². The minimum absolute atomic E-state index is 0.480. The maximum absolute atomic E-state index is 5.83. The zero-order chi connectivity index (χ0) is 14.5. The van der Waals surface area contributed by atoms with Crippen LogP contribution in [0.5, 0.6) is 0 Å². The summed E-state index contributed by atoms with van der Waals surface area (Å²) in [4.78, 5) is 1.30. The van der Waals surface area contributed by atoms with Crippen molar-refractivity contribution in [3.8, 4) is 0 Å². The van der Waals surface area contributed by atoms with Crippen LogP contribution in [-0.4, -0.2) is 6.04 Å². The lowest BCUT2D eigenvalue weighted by molar-refractivity contribution is 0.445. The normalized spacial score (nSPS) is 11.2. The van der Waals surface area contributed by atoms with Gasteiger partial charge < -0.3 is 9.73 Å². The van der Waals surface area contributed by atoms with Gasteiger partial charge in [-0.05, 0) is 49.2 Å². The van der Waals surface area contributed by atoms with Gasteiger partial charge in [0.05, 0.1) is 12.3 Å². The highest BCUT2D eigenvalue weighted by atomic mass is 32.2. The smallest absolute Gasteiger partial charge is 0.118 e. The molecule has 0 amide bonds. The van der Waals surface area contributed by atoms with Crippen molar-refractivity contribution in [3.05, 3.63) is 53.0 Å². The third-order valence-corrected chi connectivity index (χ3v) is 4.28. The van der Waals surface area contributed by atoms with Crippen LogP contribution in [0.4, 0.5) is 0 Å². The number of hydrogen-bond donors (Lipinski definition) is 1. The predicted octanol–water partition coefficient (Wildman–Crippen LogP) is 4.69. The van der Waals surface area contributed by atoms with Gasteiger partial charge in [-0.2, -0.15) is 0 Å². The summed E-state index contributed by atoms with van der Waals surface area (Å²) in [5.41, 5.74) is 2.69. The van der Waals surface area contributed by atoms with Crippen LogP contribution in [0.3, 0.4) is 0 Å². The maximum Gasteiger partial charge on any atom is 0.118 e. The zero-order valence-corrected chi connectivity index (χ0v) is 13.5. The second-order valence-corrected chi connectivity index (χ2v) is 6.49. The van der Waals surface area contributed by atoms with Gasteiger partial charge in [0.25, 0.3) is 0 Å². The number of aryl methyl sites for hydroxylation is 2. The van der Waals surface area contributed by atoms with Gasteiger partial charge in [-0.25, -0.2) is 0 Å². The molecule has 1 heterocycles. The van der Waals surface area contributed by atoms with Gasteiger partial charge in [-0.3, -0.25) is 0 Å². The molecule has 0 spiro atoms. The van der Waals surface area contributed by atoms with E-state index in [0.717, 1.165) is 23.8 Å². The number of rotatable bonds is 6. The lowest BCUT2D eigenvalue weighted by Crippen LogP contribution is -2.21. The first kappa shape index (κ1) is 15.2. The molecule has 2 rings (SSSR count). The Labute approximate surface area is 126 Å². The average Bonchev–Trinajstić information content (AvgIpc) is 2.86. The van der Waals surface area contributed by atoms with Gasteiger partial charge in [0.15, 0.2) is 0 Å². The van der Waals surface area contributed by atoms with Crippen molar-refractivity contribution < 1.29 is 4.42 Å². The third-order valence-electron chi connectivity index (χ3n) is 3.26. The molecular weight excluding hydrogens is 266 g/mol. The average molecular weight is 289 g/mol. The largest absolute Gasteiger partial charge is 0.464 e. The predicted molar refractivity (Wildman–Crippen MR) is 86.2 cm³/mol. The Kier molecular flexibility index (Phi) is 5.32. The summed E-state index contributed by atoms with van der Waals surface area (Å²) in [6.07, 6.45) is 0. The molecule has 0 bridgehead atoms. The summed E-state index contributed by atoms with van der Waals surface area (Å²) in [6, 6.07) is 11.2. The van der Waals surface area contributed by atoms with Crippen LogP contribution in [0.1, 0.15) is 36.5 Å². The first-order chi connectivity index (χ1) is 9.54. The topological polar surface area (TPSA) is 25.2 Å². The molecule has 3 heteroatoms. The minimum atomic E-state index is 0.480. The second kappa shape index (κ2) is 7.00. The van der Waals surface area contributed by atoms with Crippen LogP contribution in [0.15, 0.2) is 39.6 Å². The van der Waals surface area contributed by atoms with Crippen molar-refractivity contribution in [1.82, 2.24) is 5.32 Å². The van der Waals surface area contributed by atoms with E-state index in [0.29, 0.717) is 6.04 Å². The fraction of sp³-hybridized carbons (Fsp3) is 0.412. The molecule has 0 saturated heterocycles. The molecule has 0 radical (unpaired) electrons. The maximum atomic E-state index is 5.83. The summed E-state index contributed by atoms with van der Waals surface area (Å²) in [7, 11) is 0. The van der Waals surface area contributed by atoms with E-state index in [2.05, 4.69) is 63.3 Å². The Bertz CT molecular complexity index is 560. The lowest BCUT2D eigenvalue weighted by Gasteiger charge is -2.05. The molecule has 2 nitrogen and oxygen atoms in total. The molecule has 1 aromatic heterocycles. The Morgan fingerprint density at radius 3 is 2.50 bits per heavy atom. The van der Waals surface area contributed by atoms with E-state index in [1.54, 1.807) is 0 Å². The molecule has 0 unspecified atom stereocenters. The molecule has 0 saturated carbocycles. The van der Waals surface area contributed by atoms with Gasteiger partial charge in [0.1, 0.15) is 11.5 Å². The van der Waals surface area contributed by atoms with E-state index in [1.165, 1.54) is 16.0 Å². The van der Waals surface area contributed by atoms with Crippen molar-refractivity contribution in [2.75, 3.05) is 0 Å². The molecular formula is C17H23NOS. The van der Waals surface area contributed by atoms with E-state index in [1.807, 2.05) is 11.8 Å².